The van der Waals surface area contributed by atoms with Gasteiger partial charge in [-0.2, -0.15) is 13.2 Å². The molecular formula is C10H14F3N2O3PS. The largest absolute Gasteiger partial charge is 0.433 e. The highest BCUT2D eigenvalue weighted by atomic mass is 32.1. The molecule has 0 unspecified atom stereocenters. The third-order valence-corrected chi connectivity index (χ3v) is 4.33. The van der Waals surface area contributed by atoms with E-state index >= 15 is 0 Å². The van der Waals surface area contributed by atoms with Crippen molar-refractivity contribution in [3.8, 4) is 0 Å². The fourth-order valence-electron chi connectivity index (χ4n) is 1.47. The van der Waals surface area contributed by atoms with E-state index < -0.39 is 19.5 Å². The zero-order valence-electron chi connectivity index (χ0n) is 10.9. The highest BCUT2D eigenvalue weighted by molar-refractivity contribution is 7.71. The number of alkyl halides is 3. The van der Waals surface area contributed by atoms with Crippen molar-refractivity contribution < 1.29 is 26.8 Å². The number of rotatable bonds is 6. The summed E-state index contributed by atoms with van der Waals surface area (Å²) in [6, 6.07) is 0.750. The summed E-state index contributed by atoms with van der Waals surface area (Å²) in [4.78, 5) is 5.65. The van der Waals surface area contributed by atoms with Gasteiger partial charge in [-0.05, 0) is 32.1 Å². The molecule has 0 aromatic carbocycles. The van der Waals surface area contributed by atoms with E-state index in [1.54, 1.807) is 13.8 Å². The topological polar surface area (TPSA) is 64.2 Å². The van der Waals surface area contributed by atoms with E-state index in [9.17, 15) is 17.7 Å². The van der Waals surface area contributed by atoms with Crippen LogP contribution in [0.15, 0.2) is 6.07 Å². The number of aromatic nitrogens is 2. The predicted octanol–water partition coefficient (Wildman–Crippen LogP) is 3.92. The van der Waals surface area contributed by atoms with E-state index in [1.165, 1.54) is 0 Å². The molecule has 10 heteroatoms. The van der Waals surface area contributed by atoms with E-state index in [2.05, 4.69) is 22.2 Å². The Morgan fingerprint density at radius 2 is 1.90 bits per heavy atom. The first-order chi connectivity index (χ1) is 9.20. The van der Waals surface area contributed by atoms with Gasteiger partial charge in [-0.1, -0.05) is 0 Å². The van der Waals surface area contributed by atoms with E-state index in [4.69, 9.17) is 9.05 Å². The highest BCUT2D eigenvalue weighted by Gasteiger charge is 2.34. The van der Waals surface area contributed by atoms with Crippen molar-refractivity contribution in [2.45, 2.75) is 26.2 Å². The van der Waals surface area contributed by atoms with Crippen LogP contribution in [0, 0.1) is 4.77 Å². The lowest BCUT2D eigenvalue weighted by molar-refractivity contribution is -0.141. The van der Waals surface area contributed by atoms with Gasteiger partial charge in [0.2, 0.25) is 0 Å². The molecule has 0 aliphatic heterocycles. The summed E-state index contributed by atoms with van der Waals surface area (Å²) < 4.78 is 59.8. The zero-order chi connectivity index (χ0) is 15.4. The molecule has 0 fully saturated rings. The van der Waals surface area contributed by atoms with Crippen molar-refractivity contribution in [2.24, 2.45) is 0 Å². The van der Waals surface area contributed by atoms with Gasteiger partial charge in [-0.25, -0.2) is 4.98 Å². The molecule has 0 atom stereocenters. The van der Waals surface area contributed by atoms with Crippen molar-refractivity contribution in [1.29, 1.82) is 0 Å². The van der Waals surface area contributed by atoms with Crippen LogP contribution >= 0.6 is 19.8 Å². The van der Waals surface area contributed by atoms with Gasteiger partial charge in [0.15, 0.2) is 4.77 Å². The molecular weight excluding hydrogens is 316 g/mol. The Hall–Kier alpha value is -0.760. The van der Waals surface area contributed by atoms with Crippen LogP contribution in [-0.2, 0) is 26.0 Å². The number of nitrogens with zero attached hydrogens (tertiary/aromatic N) is 1. The first-order valence-electron chi connectivity index (χ1n) is 5.75. The quantitative estimate of drug-likeness (QED) is 0.632. The van der Waals surface area contributed by atoms with Gasteiger partial charge < -0.3 is 14.0 Å². The van der Waals surface area contributed by atoms with E-state index in [0.29, 0.717) is 0 Å². The number of nitrogens with one attached hydrogen (secondary N) is 1. The lowest BCUT2D eigenvalue weighted by Crippen LogP contribution is -2.11. The minimum Gasteiger partial charge on any atom is -0.334 e. The monoisotopic (exact) mass is 330 g/mol. The summed E-state index contributed by atoms with van der Waals surface area (Å²) in [5, 5.41) is 0. The predicted molar refractivity (Wildman–Crippen MR) is 69.0 cm³/mol. The molecule has 0 amide bonds. The maximum atomic E-state index is 12.6. The second kappa shape index (κ2) is 6.80. The molecule has 0 saturated heterocycles. The third kappa shape index (κ3) is 4.97. The summed E-state index contributed by atoms with van der Waals surface area (Å²) in [5.41, 5.74) is -1.14. The van der Waals surface area contributed by atoms with Crippen LogP contribution in [0.5, 0.6) is 0 Å². The van der Waals surface area contributed by atoms with Crippen molar-refractivity contribution >= 4 is 19.8 Å². The SMILES string of the molecule is CCOP(=O)(Cc1cc(C(F)(F)F)nc(=S)[nH]1)OCC. The second-order valence-corrected chi connectivity index (χ2v) is 6.14. The number of aromatic amines is 1. The second-order valence-electron chi connectivity index (χ2n) is 3.70. The van der Waals surface area contributed by atoms with E-state index in [-0.39, 0.29) is 29.8 Å². The molecule has 1 rings (SSSR count). The Balaban J connectivity index is 3.11. The lowest BCUT2D eigenvalue weighted by Gasteiger charge is -2.17. The third-order valence-electron chi connectivity index (χ3n) is 2.11. The molecule has 0 saturated carbocycles. The minimum atomic E-state index is -4.63. The fraction of sp³-hybridized carbons (Fsp3) is 0.600. The molecule has 1 heterocycles. The highest BCUT2D eigenvalue weighted by Crippen LogP contribution is 2.51. The summed E-state index contributed by atoms with van der Waals surface area (Å²) in [6.45, 7) is 3.47. The summed E-state index contributed by atoms with van der Waals surface area (Å²) in [6.07, 6.45) is -4.96. The minimum absolute atomic E-state index is 0.00237. The molecule has 0 aliphatic rings. The Morgan fingerprint density at radius 3 is 2.35 bits per heavy atom. The van der Waals surface area contributed by atoms with Crippen LogP contribution in [0.4, 0.5) is 13.2 Å². The number of halogens is 3. The van der Waals surface area contributed by atoms with Crippen molar-refractivity contribution in [3.63, 3.8) is 0 Å². The van der Waals surface area contributed by atoms with E-state index in [1.807, 2.05) is 0 Å². The first-order valence-corrected chi connectivity index (χ1v) is 7.89. The Labute approximate surface area is 119 Å². The molecule has 5 nitrogen and oxygen atoms in total. The van der Waals surface area contributed by atoms with Gasteiger partial charge in [-0.15, -0.1) is 0 Å². The molecule has 0 spiro atoms. The molecule has 1 aromatic rings. The van der Waals surface area contributed by atoms with Crippen LogP contribution in [0.3, 0.4) is 0 Å². The van der Waals surface area contributed by atoms with Gasteiger partial charge in [0, 0.05) is 5.69 Å². The molecule has 20 heavy (non-hydrogen) atoms. The summed E-state index contributed by atoms with van der Waals surface area (Å²) in [7, 11) is -3.51. The van der Waals surface area contributed by atoms with E-state index in [0.717, 1.165) is 6.07 Å². The van der Waals surface area contributed by atoms with Gasteiger partial charge in [0.25, 0.3) is 0 Å². The summed E-state index contributed by atoms with van der Waals surface area (Å²) >= 11 is 4.64. The van der Waals surface area contributed by atoms with Gasteiger partial charge >= 0.3 is 13.8 Å². The Bertz CT molecular complexity index is 551. The average molecular weight is 330 g/mol. The standard InChI is InChI=1S/C10H14F3N2O3PS/c1-3-17-19(16,18-4-2)6-7-5-8(10(11,12)13)15-9(20)14-7/h5H,3-4,6H2,1-2H3,(H,14,15,20). The fourth-order valence-corrected chi connectivity index (χ4v) is 3.33. The molecule has 0 aliphatic carbocycles. The molecule has 114 valence electrons. The van der Waals surface area contributed by atoms with Gasteiger partial charge in [-0.3, -0.25) is 4.57 Å². The van der Waals surface area contributed by atoms with Crippen molar-refractivity contribution in [1.82, 2.24) is 9.97 Å². The van der Waals surface area contributed by atoms with Gasteiger partial charge in [0.05, 0.1) is 19.4 Å². The maximum absolute atomic E-state index is 12.6. The Morgan fingerprint density at radius 1 is 1.35 bits per heavy atom. The van der Waals surface area contributed by atoms with Crippen LogP contribution in [0.25, 0.3) is 0 Å². The normalized spacial score (nSPS) is 12.7. The summed E-state index contributed by atoms with van der Waals surface area (Å²) in [5.74, 6) is 0. The first kappa shape index (κ1) is 17.3. The van der Waals surface area contributed by atoms with Crippen molar-refractivity contribution in [3.05, 3.63) is 22.2 Å². The molecule has 0 radical (unpaired) electrons. The van der Waals surface area contributed by atoms with Crippen LogP contribution < -0.4 is 0 Å². The zero-order valence-corrected chi connectivity index (χ0v) is 12.6. The molecule has 1 aromatic heterocycles. The van der Waals surface area contributed by atoms with Gasteiger partial charge in [0.1, 0.15) is 5.69 Å². The Kier molecular flexibility index (Phi) is 5.88. The number of H-pyrrole nitrogens is 1. The molecule has 1 N–H and O–H groups in total. The number of hydrogen-bond acceptors (Lipinski definition) is 5. The van der Waals surface area contributed by atoms with Crippen molar-refractivity contribution in [2.75, 3.05) is 13.2 Å². The maximum Gasteiger partial charge on any atom is 0.433 e. The lowest BCUT2D eigenvalue weighted by atomic mass is 10.3. The molecule has 0 bridgehead atoms. The smallest absolute Gasteiger partial charge is 0.334 e. The average Bonchev–Trinajstić information content (AvgIpc) is 2.26. The van der Waals surface area contributed by atoms with Crippen LogP contribution in [-0.4, -0.2) is 23.2 Å². The number of hydrogen-bond donors (Lipinski definition) is 1. The van der Waals surface area contributed by atoms with Crippen LogP contribution in [0.2, 0.25) is 0 Å². The van der Waals surface area contributed by atoms with Crippen LogP contribution in [0.1, 0.15) is 25.2 Å².